The van der Waals surface area contributed by atoms with Crippen molar-refractivity contribution >= 4 is 34.0 Å². The molecule has 0 saturated carbocycles. The van der Waals surface area contributed by atoms with E-state index in [1.54, 1.807) is 0 Å². The van der Waals surface area contributed by atoms with E-state index in [4.69, 9.17) is 4.98 Å². The fourth-order valence-corrected chi connectivity index (χ4v) is 5.24. The molecule has 0 spiro atoms. The fourth-order valence-electron chi connectivity index (χ4n) is 5.24. The van der Waals surface area contributed by atoms with E-state index in [1.165, 1.54) is 0 Å². The van der Waals surface area contributed by atoms with Crippen molar-refractivity contribution in [3.63, 3.8) is 0 Å². The zero-order valence-corrected chi connectivity index (χ0v) is 19.5. The SMILES string of the molecule is Cc1ccc2c(-c3ccc(Nc4cc5nc6n(c5cn4)CCN(C)C6)c4c3CNC4=O)cnn2c1. The third-order valence-corrected chi connectivity index (χ3v) is 7.01. The van der Waals surface area contributed by atoms with Crippen LogP contribution in [0.4, 0.5) is 11.5 Å². The number of aryl methyl sites for hydroxylation is 1. The van der Waals surface area contributed by atoms with Gasteiger partial charge in [-0.25, -0.2) is 14.5 Å². The Hall–Kier alpha value is -4.24. The molecule has 0 saturated heterocycles. The summed E-state index contributed by atoms with van der Waals surface area (Å²) in [5.41, 5.74) is 8.49. The zero-order valence-electron chi connectivity index (χ0n) is 19.5. The zero-order chi connectivity index (χ0) is 23.7. The molecule has 0 fully saturated rings. The average Bonchev–Trinajstić information content (AvgIpc) is 3.53. The Morgan fingerprint density at radius 3 is 2.89 bits per heavy atom. The number of fused-ring (bicyclic) bond motifs is 5. The number of benzene rings is 1. The summed E-state index contributed by atoms with van der Waals surface area (Å²) in [6.45, 7) is 5.27. The monoisotopic (exact) mass is 464 g/mol. The molecule has 0 aliphatic carbocycles. The van der Waals surface area contributed by atoms with Crippen LogP contribution >= 0.6 is 0 Å². The average molecular weight is 465 g/mol. The first-order chi connectivity index (χ1) is 17.0. The van der Waals surface area contributed by atoms with Crippen LogP contribution in [0.1, 0.15) is 27.3 Å². The van der Waals surface area contributed by atoms with Gasteiger partial charge in [-0.2, -0.15) is 5.10 Å². The lowest BCUT2D eigenvalue weighted by Gasteiger charge is -2.23. The van der Waals surface area contributed by atoms with Gasteiger partial charge in [-0.1, -0.05) is 12.1 Å². The molecule has 4 aromatic heterocycles. The van der Waals surface area contributed by atoms with E-state index in [1.807, 2.05) is 42.2 Å². The second kappa shape index (κ2) is 7.38. The minimum Gasteiger partial charge on any atom is -0.348 e. The summed E-state index contributed by atoms with van der Waals surface area (Å²) in [6, 6.07) is 10.1. The molecule has 2 aliphatic rings. The first kappa shape index (κ1) is 20.2. The molecule has 174 valence electrons. The highest BCUT2D eigenvalue weighted by Crippen LogP contribution is 2.37. The largest absolute Gasteiger partial charge is 0.348 e. The molecule has 0 bridgehead atoms. The number of carbonyl (C=O) groups excluding carboxylic acids is 1. The van der Waals surface area contributed by atoms with Gasteiger partial charge < -0.3 is 15.2 Å². The normalized spacial score (nSPS) is 15.4. The lowest BCUT2D eigenvalue weighted by molar-refractivity contribution is 0.0966. The summed E-state index contributed by atoms with van der Waals surface area (Å²) in [4.78, 5) is 24.6. The first-order valence-corrected chi connectivity index (χ1v) is 11.7. The van der Waals surface area contributed by atoms with Crippen LogP contribution in [0.15, 0.2) is 48.9 Å². The lowest BCUT2D eigenvalue weighted by Crippen LogP contribution is -2.30. The van der Waals surface area contributed by atoms with Crippen molar-refractivity contribution in [3.8, 4) is 11.1 Å². The Balaban J connectivity index is 1.29. The van der Waals surface area contributed by atoms with Crippen molar-refractivity contribution in [1.29, 1.82) is 0 Å². The number of likely N-dealkylation sites (N-methyl/N-ethyl adjacent to an activating group) is 1. The van der Waals surface area contributed by atoms with Crippen LogP contribution in [0.3, 0.4) is 0 Å². The summed E-state index contributed by atoms with van der Waals surface area (Å²) >= 11 is 0. The van der Waals surface area contributed by atoms with Gasteiger partial charge in [0, 0.05) is 37.5 Å². The van der Waals surface area contributed by atoms with E-state index in [0.717, 1.165) is 69.9 Å². The number of hydrogen-bond acceptors (Lipinski definition) is 6. The lowest BCUT2D eigenvalue weighted by atomic mass is 9.96. The number of pyridine rings is 2. The Kier molecular flexibility index (Phi) is 4.25. The van der Waals surface area contributed by atoms with Gasteiger partial charge in [0.1, 0.15) is 11.6 Å². The molecule has 6 heterocycles. The highest BCUT2D eigenvalue weighted by molar-refractivity contribution is 6.06. The quantitative estimate of drug-likeness (QED) is 0.425. The third kappa shape index (κ3) is 3.12. The summed E-state index contributed by atoms with van der Waals surface area (Å²) in [6.07, 6.45) is 5.74. The molecular weight excluding hydrogens is 440 g/mol. The number of amides is 1. The van der Waals surface area contributed by atoms with Gasteiger partial charge in [0.25, 0.3) is 5.91 Å². The van der Waals surface area contributed by atoms with Crippen LogP contribution in [0, 0.1) is 6.92 Å². The molecule has 2 aliphatic heterocycles. The maximum absolute atomic E-state index is 12.9. The predicted octanol–water partition coefficient (Wildman–Crippen LogP) is 3.49. The van der Waals surface area contributed by atoms with Gasteiger partial charge in [0.15, 0.2) is 0 Å². The molecular formula is C26H24N8O. The van der Waals surface area contributed by atoms with Gasteiger partial charge in [-0.05, 0) is 42.8 Å². The van der Waals surface area contributed by atoms with Gasteiger partial charge in [-0.3, -0.25) is 9.69 Å². The van der Waals surface area contributed by atoms with E-state index in [0.29, 0.717) is 17.9 Å². The van der Waals surface area contributed by atoms with E-state index < -0.39 is 0 Å². The molecule has 5 aromatic rings. The molecule has 0 radical (unpaired) electrons. The minimum absolute atomic E-state index is 0.0850. The summed E-state index contributed by atoms with van der Waals surface area (Å²) in [5.74, 6) is 1.64. The molecule has 35 heavy (non-hydrogen) atoms. The molecule has 0 atom stereocenters. The summed E-state index contributed by atoms with van der Waals surface area (Å²) in [5, 5.41) is 10.9. The van der Waals surface area contributed by atoms with Crippen LogP contribution in [0.25, 0.3) is 27.7 Å². The Morgan fingerprint density at radius 2 is 1.97 bits per heavy atom. The maximum Gasteiger partial charge on any atom is 0.254 e. The van der Waals surface area contributed by atoms with Crippen molar-refractivity contribution in [2.75, 3.05) is 18.9 Å². The number of rotatable bonds is 3. The van der Waals surface area contributed by atoms with E-state index >= 15 is 0 Å². The van der Waals surface area contributed by atoms with Crippen molar-refractivity contribution in [1.82, 2.24) is 34.4 Å². The number of carbonyl (C=O) groups is 1. The molecule has 9 heteroatoms. The van der Waals surface area contributed by atoms with Crippen LogP contribution in [-0.2, 0) is 19.6 Å². The van der Waals surface area contributed by atoms with E-state index in [9.17, 15) is 4.79 Å². The second-order valence-corrected chi connectivity index (χ2v) is 9.39. The fraction of sp³-hybridized carbons (Fsp3) is 0.231. The summed E-state index contributed by atoms with van der Waals surface area (Å²) < 4.78 is 4.12. The summed E-state index contributed by atoms with van der Waals surface area (Å²) in [7, 11) is 2.11. The number of anilines is 2. The number of nitrogens with zero attached hydrogens (tertiary/aromatic N) is 6. The number of nitrogens with one attached hydrogen (secondary N) is 2. The third-order valence-electron chi connectivity index (χ3n) is 7.01. The highest BCUT2D eigenvalue weighted by atomic mass is 16.1. The van der Waals surface area contributed by atoms with Crippen molar-refractivity contribution in [3.05, 3.63) is 71.4 Å². The van der Waals surface area contributed by atoms with Crippen LogP contribution in [-0.4, -0.2) is 48.5 Å². The highest BCUT2D eigenvalue weighted by Gasteiger charge is 2.27. The van der Waals surface area contributed by atoms with Crippen molar-refractivity contribution in [2.24, 2.45) is 0 Å². The molecule has 1 aromatic carbocycles. The Bertz CT molecular complexity index is 1660. The van der Waals surface area contributed by atoms with Gasteiger partial charge in [0.2, 0.25) is 0 Å². The predicted molar refractivity (Wildman–Crippen MR) is 134 cm³/mol. The van der Waals surface area contributed by atoms with Gasteiger partial charge >= 0.3 is 0 Å². The molecule has 1 amide bonds. The van der Waals surface area contributed by atoms with Crippen LogP contribution in [0.5, 0.6) is 0 Å². The number of imidazole rings is 1. The van der Waals surface area contributed by atoms with Crippen molar-refractivity contribution < 1.29 is 4.79 Å². The number of aromatic nitrogens is 5. The number of hydrogen-bond donors (Lipinski definition) is 2. The first-order valence-electron chi connectivity index (χ1n) is 11.7. The minimum atomic E-state index is -0.0850. The van der Waals surface area contributed by atoms with E-state index in [-0.39, 0.29) is 5.91 Å². The topological polar surface area (TPSA) is 92.4 Å². The molecule has 9 nitrogen and oxygen atoms in total. The molecule has 0 unspecified atom stereocenters. The Labute approximate surface area is 201 Å². The van der Waals surface area contributed by atoms with E-state index in [2.05, 4.69) is 55.4 Å². The maximum atomic E-state index is 12.9. The van der Waals surface area contributed by atoms with Gasteiger partial charge in [0.05, 0.1) is 46.7 Å². The van der Waals surface area contributed by atoms with Crippen molar-refractivity contribution in [2.45, 2.75) is 26.6 Å². The van der Waals surface area contributed by atoms with Crippen LogP contribution < -0.4 is 10.6 Å². The second-order valence-electron chi connectivity index (χ2n) is 9.39. The van der Waals surface area contributed by atoms with Crippen LogP contribution in [0.2, 0.25) is 0 Å². The molecule has 2 N–H and O–H groups in total. The standard InChI is InChI=1S/C26H24N8O/c1-15-3-6-21-17(11-29-34(21)13-15)16-4-5-19(25-18(16)10-28-26(25)35)30-23-9-20-22(12-27-23)33-8-7-32(2)14-24(33)31-20/h3-6,9,11-13H,7-8,10,14H2,1-2H3,(H,27,30)(H,28,35). The smallest absolute Gasteiger partial charge is 0.254 e. The van der Waals surface area contributed by atoms with Gasteiger partial charge in [-0.15, -0.1) is 0 Å². The Morgan fingerprint density at radius 1 is 1.06 bits per heavy atom. The molecule has 7 rings (SSSR count).